The zero-order chi connectivity index (χ0) is 16.5. The summed E-state index contributed by atoms with van der Waals surface area (Å²) in [4.78, 5) is 20.7. The first-order chi connectivity index (χ1) is 11.7. The summed E-state index contributed by atoms with van der Waals surface area (Å²) in [5, 5.41) is 0. The summed E-state index contributed by atoms with van der Waals surface area (Å²) in [5.74, 6) is 0.0868. The number of benzene rings is 1. The van der Waals surface area contributed by atoms with Crippen LogP contribution in [-0.2, 0) is 19.4 Å². The van der Waals surface area contributed by atoms with Gasteiger partial charge in [0.05, 0.1) is 4.88 Å². The number of carbonyl (C=O) groups excluding carboxylic acids is 1. The predicted octanol–water partition coefficient (Wildman–Crippen LogP) is 4.18. The van der Waals surface area contributed by atoms with Crippen molar-refractivity contribution >= 4 is 17.2 Å². The van der Waals surface area contributed by atoms with Crippen LogP contribution in [0.3, 0.4) is 0 Å². The molecular formula is C20H18N2OS. The van der Waals surface area contributed by atoms with Crippen LogP contribution in [0.4, 0.5) is 0 Å². The largest absolute Gasteiger partial charge is 0.337 e. The Morgan fingerprint density at radius 3 is 2.71 bits per heavy atom. The van der Waals surface area contributed by atoms with Crippen molar-refractivity contribution < 1.29 is 4.79 Å². The highest BCUT2D eigenvalue weighted by atomic mass is 32.1. The van der Waals surface area contributed by atoms with Gasteiger partial charge in [0, 0.05) is 30.9 Å². The van der Waals surface area contributed by atoms with Gasteiger partial charge in [0.25, 0.3) is 5.91 Å². The van der Waals surface area contributed by atoms with E-state index in [-0.39, 0.29) is 5.91 Å². The van der Waals surface area contributed by atoms with Gasteiger partial charge >= 0.3 is 0 Å². The van der Waals surface area contributed by atoms with Crippen LogP contribution < -0.4 is 0 Å². The van der Waals surface area contributed by atoms with Crippen molar-refractivity contribution in [3.8, 4) is 10.4 Å². The van der Waals surface area contributed by atoms with Gasteiger partial charge in [-0.2, -0.15) is 0 Å². The lowest BCUT2D eigenvalue weighted by atomic mass is 9.91. The highest BCUT2D eigenvalue weighted by molar-refractivity contribution is 7.17. The molecule has 0 saturated heterocycles. The Balaban J connectivity index is 1.60. The summed E-state index contributed by atoms with van der Waals surface area (Å²) >= 11 is 1.62. The molecule has 0 N–H and O–H groups in total. The summed E-state index contributed by atoms with van der Waals surface area (Å²) < 4.78 is 0. The smallest absolute Gasteiger partial charge is 0.263 e. The van der Waals surface area contributed by atoms with Gasteiger partial charge in [0.15, 0.2) is 0 Å². The highest BCUT2D eigenvalue weighted by Gasteiger charge is 2.22. The van der Waals surface area contributed by atoms with E-state index >= 15 is 0 Å². The van der Waals surface area contributed by atoms with E-state index in [2.05, 4.69) is 35.3 Å². The van der Waals surface area contributed by atoms with Gasteiger partial charge in [0.2, 0.25) is 0 Å². The molecule has 0 saturated carbocycles. The minimum Gasteiger partial charge on any atom is -0.337 e. The first-order valence-electron chi connectivity index (χ1n) is 8.08. The van der Waals surface area contributed by atoms with E-state index in [1.54, 1.807) is 28.6 Å². The van der Waals surface area contributed by atoms with E-state index < -0.39 is 0 Å². The van der Waals surface area contributed by atoms with Crippen LogP contribution in [0.2, 0.25) is 0 Å². The van der Waals surface area contributed by atoms with Crippen LogP contribution in [0.25, 0.3) is 10.4 Å². The second-order valence-corrected chi connectivity index (χ2v) is 7.19. The Kier molecular flexibility index (Phi) is 3.90. The molecule has 24 heavy (non-hydrogen) atoms. The maximum absolute atomic E-state index is 12.8. The molecule has 1 amide bonds. The zero-order valence-corrected chi connectivity index (χ0v) is 14.3. The van der Waals surface area contributed by atoms with E-state index in [4.69, 9.17) is 0 Å². The lowest BCUT2D eigenvalue weighted by molar-refractivity contribution is 0.0790. The maximum atomic E-state index is 12.8. The number of rotatable bonds is 3. The van der Waals surface area contributed by atoms with Crippen molar-refractivity contribution in [2.45, 2.75) is 19.4 Å². The van der Waals surface area contributed by atoms with Crippen molar-refractivity contribution in [3.63, 3.8) is 0 Å². The lowest BCUT2D eigenvalue weighted by Crippen LogP contribution is -2.25. The lowest BCUT2D eigenvalue weighted by Gasteiger charge is -2.16. The van der Waals surface area contributed by atoms with Gasteiger partial charge < -0.3 is 4.90 Å². The third kappa shape index (κ3) is 2.74. The Morgan fingerprint density at radius 2 is 1.88 bits per heavy atom. The van der Waals surface area contributed by atoms with E-state index in [0.717, 1.165) is 23.3 Å². The van der Waals surface area contributed by atoms with Crippen molar-refractivity contribution in [3.05, 3.63) is 76.4 Å². The Bertz CT molecular complexity index is 886. The second-order valence-electron chi connectivity index (χ2n) is 6.14. The summed E-state index contributed by atoms with van der Waals surface area (Å²) in [5.41, 5.74) is 5.07. The normalized spacial score (nSPS) is 12.4. The van der Waals surface area contributed by atoms with Crippen LogP contribution >= 0.6 is 11.3 Å². The molecule has 0 aliphatic heterocycles. The first kappa shape index (κ1) is 15.1. The zero-order valence-electron chi connectivity index (χ0n) is 13.5. The number of hydrogen-bond acceptors (Lipinski definition) is 3. The number of nitrogens with zero attached hydrogens (tertiary/aromatic N) is 2. The SMILES string of the molecule is CN(Cc1ccncc1)C(=O)c1cc2c(s1)-c1ccccc1CC2. The average Bonchev–Trinajstić information content (AvgIpc) is 3.06. The predicted molar refractivity (Wildman–Crippen MR) is 97.2 cm³/mol. The standard InChI is InChI=1S/C20H18N2OS/c1-22(13-14-8-10-21-11-9-14)20(23)18-12-16-7-6-15-4-2-3-5-17(15)19(16)24-18/h2-5,8-12H,6-7,13H2,1H3. The van der Waals surface area contributed by atoms with Crippen molar-refractivity contribution in [2.75, 3.05) is 7.05 Å². The van der Waals surface area contributed by atoms with E-state index in [0.29, 0.717) is 6.54 Å². The topological polar surface area (TPSA) is 33.2 Å². The van der Waals surface area contributed by atoms with E-state index in [1.807, 2.05) is 19.2 Å². The summed E-state index contributed by atoms with van der Waals surface area (Å²) in [6.45, 7) is 0.598. The van der Waals surface area contributed by atoms with Gasteiger partial charge in [-0.05, 0) is 53.3 Å². The average molecular weight is 334 g/mol. The molecule has 3 aromatic rings. The van der Waals surface area contributed by atoms with E-state index in [9.17, 15) is 4.79 Å². The molecular weight excluding hydrogens is 316 g/mol. The van der Waals surface area contributed by atoms with Crippen LogP contribution in [0.5, 0.6) is 0 Å². The van der Waals surface area contributed by atoms with Crippen molar-refractivity contribution in [1.29, 1.82) is 0 Å². The fraction of sp³-hybridized carbons (Fsp3) is 0.200. The number of hydrogen-bond donors (Lipinski definition) is 0. The number of carbonyl (C=O) groups is 1. The molecule has 120 valence electrons. The summed E-state index contributed by atoms with van der Waals surface area (Å²) in [6.07, 6.45) is 5.59. The third-order valence-electron chi connectivity index (χ3n) is 4.46. The monoisotopic (exact) mass is 334 g/mol. The van der Waals surface area contributed by atoms with Crippen LogP contribution in [0.15, 0.2) is 54.9 Å². The minimum atomic E-state index is 0.0868. The fourth-order valence-corrected chi connectivity index (χ4v) is 4.46. The molecule has 2 aromatic heterocycles. The number of thiophene rings is 1. The van der Waals surface area contributed by atoms with Gasteiger partial charge in [-0.25, -0.2) is 0 Å². The maximum Gasteiger partial charge on any atom is 0.263 e. The van der Waals surface area contributed by atoms with Crippen LogP contribution in [0.1, 0.15) is 26.4 Å². The van der Waals surface area contributed by atoms with Gasteiger partial charge in [-0.3, -0.25) is 9.78 Å². The Labute approximate surface area is 145 Å². The molecule has 1 aliphatic carbocycles. The van der Waals surface area contributed by atoms with Gasteiger partial charge in [-0.1, -0.05) is 24.3 Å². The molecule has 4 heteroatoms. The van der Waals surface area contributed by atoms with Gasteiger partial charge in [-0.15, -0.1) is 11.3 Å². The molecule has 1 aromatic carbocycles. The van der Waals surface area contributed by atoms with Gasteiger partial charge in [0.1, 0.15) is 0 Å². The minimum absolute atomic E-state index is 0.0868. The van der Waals surface area contributed by atoms with Crippen LogP contribution in [-0.4, -0.2) is 22.8 Å². The van der Waals surface area contributed by atoms with Crippen molar-refractivity contribution in [2.24, 2.45) is 0 Å². The highest BCUT2D eigenvalue weighted by Crippen LogP contribution is 2.39. The number of aromatic nitrogens is 1. The second kappa shape index (κ2) is 6.21. The molecule has 4 rings (SSSR count). The fourth-order valence-electron chi connectivity index (χ4n) is 3.20. The molecule has 2 heterocycles. The molecule has 0 atom stereocenters. The summed E-state index contributed by atoms with van der Waals surface area (Å²) in [6, 6.07) is 14.5. The number of fused-ring (bicyclic) bond motifs is 3. The molecule has 0 radical (unpaired) electrons. The molecule has 0 fully saturated rings. The molecule has 0 unspecified atom stereocenters. The third-order valence-corrected chi connectivity index (χ3v) is 5.66. The molecule has 0 bridgehead atoms. The molecule has 0 spiro atoms. The van der Waals surface area contributed by atoms with E-state index in [1.165, 1.54) is 21.6 Å². The molecule has 1 aliphatic rings. The number of aryl methyl sites for hydroxylation is 2. The Morgan fingerprint density at radius 1 is 1.12 bits per heavy atom. The first-order valence-corrected chi connectivity index (χ1v) is 8.89. The molecule has 3 nitrogen and oxygen atoms in total. The number of amides is 1. The Hall–Kier alpha value is -2.46. The van der Waals surface area contributed by atoms with Crippen LogP contribution in [0, 0.1) is 0 Å². The summed E-state index contributed by atoms with van der Waals surface area (Å²) in [7, 11) is 1.86. The number of pyridine rings is 1. The van der Waals surface area contributed by atoms with Crippen molar-refractivity contribution in [1.82, 2.24) is 9.88 Å². The quantitative estimate of drug-likeness (QED) is 0.720.